The van der Waals surface area contributed by atoms with Gasteiger partial charge in [0.15, 0.2) is 5.82 Å². The highest BCUT2D eigenvalue weighted by Gasteiger charge is 2.13. The fourth-order valence-corrected chi connectivity index (χ4v) is 2.92. The number of rotatable bonds is 9. The molecule has 0 radical (unpaired) electrons. The van der Waals surface area contributed by atoms with Gasteiger partial charge in [0.2, 0.25) is 5.88 Å². The van der Waals surface area contributed by atoms with E-state index < -0.39 is 0 Å². The van der Waals surface area contributed by atoms with Crippen molar-refractivity contribution in [3.63, 3.8) is 0 Å². The van der Waals surface area contributed by atoms with Gasteiger partial charge in [-0.05, 0) is 36.6 Å². The van der Waals surface area contributed by atoms with Crippen molar-refractivity contribution in [2.75, 3.05) is 26.9 Å². The number of nitrogens with zero attached hydrogens (tertiary/aromatic N) is 3. The first kappa shape index (κ1) is 21.3. The molecule has 0 aromatic carbocycles. The van der Waals surface area contributed by atoms with Gasteiger partial charge in [-0.1, -0.05) is 6.92 Å². The van der Waals surface area contributed by atoms with Crippen LogP contribution in [0.15, 0.2) is 47.7 Å². The molecule has 1 unspecified atom stereocenters. The lowest BCUT2D eigenvalue weighted by atomic mass is 10.1. The van der Waals surface area contributed by atoms with Crippen LogP contribution in [0.5, 0.6) is 5.88 Å². The van der Waals surface area contributed by atoms with Crippen LogP contribution in [0.3, 0.4) is 0 Å². The van der Waals surface area contributed by atoms with Gasteiger partial charge < -0.3 is 14.8 Å². The van der Waals surface area contributed by atoms with Crippen LogP contribution in [-0.2, 0) is 4.74 Å². The third-order valence-corrected chi connectivity index (χ3v) is 4.41. The van der Waals surface area contributed by atoms with E-state index >= 15 is 0 Å². The fourth-order valence-electron chi connectivity index (χ4n) is 2.92. The van der Waals surface area contributed by atoms with E-state index in [2.05, 4.69) is 20.4 Å². The Morgan fingerprint density at radius 2 is 2.13 bits per heavy atom. The van der Waals surface area contributed by atoms with Crippen LogP contribution in [0, 0.1) is 5.92 Å². The first-order valence-electron chi connectivity index (χ1n) is 9.66. The van der Waals surface area contributed by atoms with Gasteiger partial charge in [-0.3, -0.25) is 14.7 Å². The summed E-state index contributed by atoms with van der Waals surface area (Å²) in [7, 11) is 1.63. The standard InChI is InChI=1S/C21H25N5O4/c1-4-30-19-9-15(7-8-22-19)17-12-25-26(21(17)28)18-6-5-16(11-23-18)20(27)24-10-14(2)13-29-3/h5-9,11-12,14,25H,4,10,13H2,1-3H3,(H,24,27). The molecule has 0 spiro atoms. The Bertz CT molecular complexity index is 1040. The minimum atomic E-state index is -0.262. The van der Waals surface area contributed by atoms with E-state index in [1.165, 1.54) is 10.9 Å². The molecular weight excluding hydrogens is 386 g/mol. The lowest BCUT2D eigenvalue weighted by molar-refractivity contribution is 0.0933. The molecular formula is C21H25N5O4. The van der Waals surface area contributed by atoms with Crippen molar-refractivity contribution in [2.24, 2.45) is 5.92 Å². The summed E-state index contributed by atoms with van der Waals surface area (Å²) >= 11 is 0. The second kappa shape index (κ2) is 9.84. The Hall–Kier alpha value is -3.46. The quantitative estimate of drug-likeness (QED) is 0.557. The Labute approximate surface area is 174 Å². The predicted molar refractivity (Wildman–Crippen MR) is 112 cm³/mol. The molecule has 1 amide bonds. The van der Waals surface area contributed by atoms with Gasteiger partial charge in [-0.2, -0.15) is 0 Å². The molecule has 3 aromatic heterocycles. The van der Waals surface area contributed by atoms with E-state index in [0.29, 0.717) is 48.1 Å². The summed E-state index contributed by atoms with van der Waals surface area (Å²) < 4.78 is 11.8. The molecule has 3 aromatic rings. The molecule has 9 heteroatoms. The lowest BCUT2D eigenvalue weighted by Gasteiger charge is -2.11. The predicted octanol–water partition coefficient (Wildman–Crippen LogP) is 2.03. The molecule has 3 rings (SSSR count). The molecule has 0 fully saturated rings. The van der Waals surface area contributed by atoms with Crippen molar-refractivity contribution in [3.05, 3.63) is 58.8 Å². The fraction of sp³-hybridized carbons (Fsp3) is 0.333. The Morgan fingerprint density at radius 3 is 2.83 bits per heavy atom. The lowest BCUT2D eigenvalue weighted by Crippen LogP contribution is -2.30. The first-order chi connectivity index (χ1) is 14.5. The topological polar surface area (TPSA) is 111 Å². The molecule has 9 nitrogen and oxygen atoms in total. The highest BCUT2D eigenvalue weighted by atomic mass is 16.5. The largest absolute Gasteiger partial charge is 0.478 e. The minimum absolute atomic E-state index is 0.207. The van der Waals surface area contributed by atoms with Crippen molar-refractivity contribution in [2.45, 2.75) is 13.8 Å². The van der Waals surface area contributed by atoms with Crippen LogP contribution < -0.4 is 15.6 Å². The van der Waals surface area contributed by atoms with Crippen molar-refractivity contribution in [3.8, 4) is 22.8 Å². The van der Waals surface area contributed by atoms with Crippen LogP contribution in [0.1, 0.15) is 24.2 Å². The van der Waals surface area contributed by atoms with E-state index in [1.54, 1.807) is 43.8 Å². The number of H-pyrrole nitrogens is 1. The van der Waals surface area contributed by atoms with Gasteiger partial charge >= 0.3 is 0 Å². The van der Waals surface area contributed by atoms with Crippen LogP contribution in [0.25, 0.3) is 16.9 Å². The SMILES string of the molecule is CCOc1cc(-c2c[nH]n(-c3ccc(C(=O)NCC(C)COC)cn3)c2=O)ccn1. The molecule has 3 heterocycles. The number of aromatic amines is 1. The summed E-state index contributed by atoms with van der Waals surface area (Å²) in [5.74, 6) is 0.820. The van der Waals surface area contributed by atoms with Crippen molar-refractivity contribution >= 4 is 5.91 Å². The zero-order valence-electron chi connectivity index (χ0n) is 17.2. The molecule has 2 N–H and O–H groups in total. The Balaban J connectivity index is 1.75. The number of aromatic nitrogens is 4. The summed E-state index contributed by atoms with van der Waals surface area (Å²) in [6, 6.07) is 6.70. The van der Waals surface area contributed by atoms with Gasteiger partial charge in [-0.15, -0.1) is 0 Å². The third-order valence-electron chi connectivity index (χ3n) is 4.41. The van der Waals surface area contributed by atoms with Crippen molar-refractivity contribution in [1.29, 1.82) is 0 Å². The average molecular weight is 411 g/mol. The van der Waals surface area contributed by atoms with Gasteiger partial charge in [0.05, 0.1) is 24.3 Å². The van der Waals surface area contributed by atoms with E-state index in [-0.39, 0.29) is 17.4 Å². The molecule has 0 aliphatic carbocycles. The summed E-state index contributed by atoms with van der Waals surface area (Å²) in [5, 5.41) is 5.75. The molecule has 0 saturated heterocycles. The van der Waals surface area contributed by atoms with Crippen LogP contribution >= 0.6 is 0 Å². The second-order valence-electron chi connectivity index (χ2n) is 6.82. The van der Waals surface area contributed by atoms with E-state index in [4.69, 9.17) is 9.47 Å². The molecule has 0 aliphatic rings. The summed E-state index contributed by atoms with van der Waals surface area (Å²) in [5.41, 5.74) is 1.31. The average Bonchev–Trinajstić information content (AvgIpc) is 3.14. The monoisotopic (exact) mass is 411 g/mol. The van der Waals surface area contributed by atoms with Crippen LogP contribution in [-0.4, -0.2) is 52.5 Å². The number of ether oxygens (including phenoxy) is 2. The number of carbonyl (C=O) groups is 1. The maximum Gasteiger partial charge on any atom is 0.280 e. The molecule has 158 valence electrons. The highest BCUT2D eigenvalue weighted by Crippen LogP contribution is 2.19. The number of carbonyl (C=O) groups excluding carboxylic acids is 1. The van der Waals surface area contributed by atoms with Crippen LogP contribution in [0.4, 0.5) is 0 Å². The third kappa shape index (κ3) is 4.93. The molecule has 30 heavy (non-hydrogen) atoms. The summed E-state index contributed by atoms with van der Waals surface area (Å²) in [4.78, 5) is 33.5. The maximum atomic E-state index is 12.8. The minimum Gasteiger partial charge on any atom is -0.478 e. The molecule has 0 saturated carbocycles. The Kier molecular flexibility index (Phi) is 6.97. The van der Waals surface area contributed by atoms with Crippen molar-refractivity contribution < 1.29 is 14.3 Å². The number of hydrogen-bond donors (Lipinski definition) is 2. The zero-order chi connectivity index (χ0) is 21.5. The second-order valence-corrected chi connectivity index (χ2v) is 6.82. The van der Waals surface area contributed by atoms with Gasteiger partial charge in [0, 0.05) is 38.3 Å². The normalized spacial score (nSPS) is 11.8. The van der Waals surface area contributed by atoms with Crippen LogP contribution in [0.2, 0.25) is 0 Å². The molecule has 0 bridgehead atoms. The number of hydrogen-bond acceptors (Lipinski definition) is 6. The summed E-state index contributed by atoms with van der Waals surface area (Å²) in [6.45, 7) is 5.42. The van der Waals surface area contributed by atoms with Gasteiger partial charge in [-0.25, -0.2) is 14.6 Å². The van der Waals surface area contributed by atoms with E-state index in [0.717, 1.165) is 0 Å². The highest BCUT2D eigenvalue weighted by molar-refractivity contribution is 5.93. The molecule has 0 aliphatic heterocycles. The summed E-state index contributed by atoms with van der Waals surface area (Å²) in [6.07, 6.45) is 4.64. The number of nitrogens with one attached hydrogen (secondary N) is 2. The number of pyridine rings is 2. The van der Waals surface area contributed by atoms with Gasteiger partial charge in [0.1, 0.15) is 0 Å². The number of amides is 1. The Morgan fingerprint density at radius 1 is 1.30 bits per heavy atom. The van der Waals surface area contributed by atoms with Crippen molar-refractivity contribution in [1.82, 2.24) is 25.1 Å². The zero-order valence-corrected chi connectivity index (χ0v) is 17.2. The van der Waals surface area contributed by atoms with E-state index in [1.807, 2.05) is 13.8 Å². The number of methoxy groups -OCH3 is 1. The van der Waals surface area contributed by atoms with E-state index in [9.17, 15) is 9.59 Å². The molecule has 1 atom stereocenters. The van der Waals surface area contributed by atoms with Gasteiger partial charge in [0.25, 0.3) is 11.5 Å². The smallest absolute Gasteiger partial charge is 0.280 e. The first-order valence-corrected chi connectivity index (χ1v) is 9.66. The maximum absolute atomic E-state index is 12.8.